The standard InChI is InChI=1S/C25H24N2O4S/c1-17(28)26-20-9-10-22-19(12-25(29)31-24(22)13-20)15-27(16-21-7-5-11-32-21)14-18-6-3-4-8-23(18)30-2/h3-13H,14-16H2,1-2H3,(H,26,28). The summed E-state index contributed by atoms with van der Waals surface area (Å²) in [6.45, 7) is 3.39. The quantitative estimate of drug-likeness (QED) is 0.383. The second-order valence-corrected chi connectivity index (χ2v) is 8.55. The van der Waals surface area contributed by atoms with Crippen molar-refractivity contribution in [3.05, 3.63) is 92.5 Å². The topological polar surface area (TPSA) is 71.8 Å². The number of hydrogen-bond acceptors (Lipinski definition) is 6. The van der Waals surface area contributed by atoms with Crippen molar-refractivity contribution in [2.45, 2.75) is 26.6 Å². The first-order valence-corrected chi connectivity index (χ1v) is 11.1. The van der Waals surface area contributed by atoms with Crippen LogP contribution in [-0.2, 0) is 24.4 Å². The molecular weight excluding hydrogens is 424 g/mol. The number of anilines is 1. The number of ether oxygens (including phenoxy) is 1. The van der Waals surface area contributed by atoms with E-state index >= 15 is 0 Å². The molecule has 0 saturated heterocycles. The van der Waals surface area contributed by atoms with Gasteiger partial charge in [0.2, 0.25) is 5.91 Å². The number of para-hydroxylation sites is 1. The Hall–Kier alpha value is -3.42. The van der Waals surface area contributed by atoms with Crippen LogP contribution < -0.4 is 15.7 Å². The van der Waals surface area contributed by atoms with E-state index in [2.05, 4.69) is 27.7 Å². The Bertz CT molecular complexity index is 1280. The van der Waals surface area contributed by atoms with Gasteiger partial charge in [0.1, 0.15) is 11.3 Å². The van der Waals surface area contributed by atoms with Crippen molar-refractivity contribution in [2.75, 3.05) is 12.4 Å². The normalized spacial score (nSPS) is 11.1. The molecule has 0 unspecified atom stereocenters. The molecule has 0 fully saturated rings. The lowest BCUT2D eigenvalue weighted by Crippen LogP contribution is -2.23. The van der Waals surface area contributed by atoms with Crippen LogP contribution >= 0.6 is 11.3 Å². The summed E-state index contributed by atoms with van der Waals surface area (Å²) >= 11 is 1.70. The van der Waals surface area contributed by atoms with Crippen molar-refractivity contribution in [2.24, 2.45) is 0 Å². The van der Waals surface area contributed by atoms with Crippen LogP contribution in [0.3, 0.4) is 0 Å². The Morgan fingerprint density at radius 2 is 1.84 bits per heavy atom. The number of rotatable bonds is 8. The molecular formula is C25H24N2O4S. The highest BCUT2D eigenvalue weighted by molar-refractivity contribution is 7.09. The van der Waals surface area contributed by atoms with Gasteiger partial charge in [-0.3, -0.25) is 9.69 Å². The zero-order valence-electron chi connectivity index (χ0n) is 18.0. The highest BCUT2D eigenvalue weighted by Gasteiger charge is 2.15. The number of benzene rings is 2. The van der Waals surface area contributed by atoms with Crippen LogP contribution in [0, 0.1) is 0 Å². The van der Waals surface area contributed by atoms with Crippen LogP contribution in [0.1, 0.15) is 22.9 Å². The average Bonchev–Trinajstić information content (AvgIpc) is 3.26. The number of fused-ring (bicyclic) bond motifs is 1. The largest absolute Gasteiger partial charge is 0.496 e. The molecule has 0 saturated carbocycles. The third-order valence-corrected chi connectivity index (χ3v) is 5.95. The van der Waals surface area contributed by atoms with E-state index in [0.29, 0.717) is 24.4 Å². The molecule has 6 nitrogen and oxygen atoms in total. The molecule has 2 heterocycles. The molecule has 0 aliphatic heterocycles. The minimum atomic E-state index is -0.416. The zero-order valence-corrected chi connectivity index (χ0v) is 18.8. The summed E-state index contributed by atoms with van der Waals surface area (Å²) in [5.74, 6) is 0.655. The van der Waals surface area contributed by atoms with E-state index in [-0.39, 0.29) is 5.91 Å². The van der Waals surface area contributed by atoms with Gasteiger partial charge in [0.25, 0.3) is 0 Å². The van der Waals surface area contributed by atoms with Gasteiger partial charge in [-0.25, -0.2) is 4.79 Å². The molecule has 0 spiro atoms. The van der Waals surface area contributed by atoms with E-state index in [4.69, 9.17) is 9.15 Å². The maximum Gasteiger partial charge on any atom is 0.336 e. The van der Waals surface area contributed by atoms with Crippen molar-refractivity contribution in [1.29, 1.82) is 0 Å². The summed E-state index contributed by atoms with van der Waals surface area (Å²) in [4.78, 5) is 27.2. The summed E-state index contributed by atoms with van der Waals surface area (Å²) in [6, 6.07) is 19.0. The predicted molar refractivity (Wildman–Crippen MR) is 127 cm³/mol. The number of carbonyl (C=O) groups is 1. The van der Waals surface area contributed by atoms with Crippen molar-refractivity contribution in [3.63, 3.8) is 0 Å². The fourth-order valence-corrected chi connectivity index (χ4v) is 4.49. The zero-order chi connectivity index (χ0) is 22.5. The maximum absolute atomic E-state index is 12.3. The number of hydrogen-bond donors (Lipinski definition) is 1. The summed E-state index contributed by atoms with van der Waals surface area (Å²) in [5, 5.41) is 5.63. The molecule has 0 atom stereocenters. The van der Waals surface area contributed by atoms with Gasteiger partial charge < -0.3 is 14.5 Å². The smallest absolute Gasteiger partial charge is 0.336 e. The van der Waals surface area contributed by atoms with Gasteiger partial charge in [-0.15, -0.1) is 11.3 Å². The molecule has 1 N–H and O–H groups in total. The molecule has 7 heteroatoms. The maximum atomic E-state index is 12.3. The van der Waals surface area contributed by atoms with Gasteiger partial charge in [0.15, 0.2) is 0 Å². The fraction of sp³-hybridized carbons (Fsp3) is 0.200. The number of nitrogens with one attached hydrogen (secondary N) is 1. The Morgan fingerprint density at radius 1 is 1.03 bits per heavy atom. The van der Waals surface area contributed by atoms with E-state index in [1.165, 1.54) is 11.8 Å². The van der Waals surface area contributed by atoms with E-state index in [1.54, 1.807) is 30.6 Å². The third kappa shape index (κ3) is 5.25. The minimum Gasteiger partial charge on any atom is -0.496 e. The molecule has 2 aromatic carbocycles. The molecule has 0 aliphatic rings. The Labute approximate surface area is 190 Å². The number of carbonyl (C=O) groups excluding carboxylic acids is 1. The first-order chi connectivity index (χ1) is 15.5. The lowest BCUT2D eigenvalue weighted by molar-refractivity contribution is -0.114. The summed E-state index contributed by atoms with van der Waals surface area (Å²) in [7, 11) is 1.67. The molecule has 32 heavy (non-hydrogen) atoms. The van der Waals surface area contributed by atoms with Crippen molar-refractivity contribution in [3.8, 4) is 5.75 Å². The number of nitrogens with zero attached hydrogens (tertiary/aromatic N) is 1. The highest BCUT2D eigenvalue weighted by Crippen LogP contribution is 2.26. The molecule has 4 aromatic rings. The van der Waals surface area contributed by atoms with Crippen LogP contribution in [0.5, 0.6) is 5.75 Å². The van der Waals surface area contributed by atoms with Crippen molar-refractivity contribution >= 4 is 33.9 Å². The molecule has 0 aliphatic carbocycles. The van der Waals surface area contributed by atoms with E-state index in [0.717, 1.165) is 28.8 Å². The fourth-order valence-electron chi connectivity index (χ4n) is 3.75. The van der Waals surface area contributed by atoms with Crippen molar-refractivity contribution in [1.82, 2.24) is 4.90 Å². The monoisotopic (exact) mass is 448 g/mol. The first kappa shape index (κ1) is 21.8. The SMILES string of the molecule is COc1ccccc1CN(Cc1cccs1)Cc1cc(=O)oc2cc(NC(C)=O)ccc12. The van der Waals surface area contributed by atoms with Gasteiger partial charge >= 0.3 is 5.63 Å². The number of amides is 1. The second-order valence-electron chi connectivity index (χ2n) is 7.52. The molecule has 0 bridgehead atoms. The van der Waals surface area contributed by atoms with E-state index in [1.807, 2.05) is 36.4 Å². The lowest BCUT2D eigenvalue weighted by atomic mass is 10.1. The first-order valence-electron chi connectivity index (χ1n) is 10.2. The third-order valence-electron chi connectivity index (χ3n) is 5.09. The Morgan fingerprint density at radius 3 is 2.59 bits per heavy atom. The lowest BCUT2D eigenvalue weighted by Gasteiger charge is -2.23. The Balaban J connectivity index is 1.69. The average molecular weight is 449 g/mol. The van der Waals surface area contributed by atoms with Gasteiger partial charge in [-0.05, 0) is 35.2 Å². The minimum absolute atomic E-state index is 0.179. The summed E-state index contributed by atoms with van der Waals surface area (Å²) in [6.07, 6.45) is 0. The van der Waals surface area contributed by atoms with Crippen LogP contribution in [0.15, 0.2) is 75.3 Å². The van der Waals surface area contributed by atoms with E-state index < -0.39 is 5.63 Å². The Kier molecular flexibility index (Phi) is 6.68. The van der Waals surface area contributed by atoms with Crippen molar-refractivity contribution < 1.29 is 13.9 Å². The molecule has 164 valence electrons. The molecule has 2 aromatic heterocycles. The predicted octanol–water partition coefficient (Wildman–Crippen LogP) is 5.02. The van der Waals surface area contributed by atoms with Gasteiger partial charge in [0, 0.05) is 60.2 Å². The molecule has 0 radical (unpaired) electrons. The second kappa shape index (κ2) is 9.80. The number of methoxy groups -OCH3 is 1. The summed E-state index contributed by atoms with van der Waals surface area (Å²) < 4.78 is 11.0. The van der Waals surface area contributed by atoms with Crippen LogP contribution in [0.25, 0.3) is 11.0 Å². The number of thiophene rings is 1. The van der Waals surface area contributed by atoms with Gasteiger partial charge in [0.05, 0.1) is 7.11 Å². The molecule has 4 rings (SSSR count). The van der Waals surface area contributed by atoms with Crippen LogP contribution in [-0.4, -0.2) is 17.9 Å². The summed E-state index contributed by atoms with van der Waals surface area (Å²) in [5.41, 5.74) is 2.58. The van der Waals surface area contributed by atoms with Crippen LogP contribution in [0.2, 0.25) is 0 Å². The van der Waals surface area contributed by atoms with E-state index in [9.17, 15) is 9.59 Å². The van der Waals surface area contributed by atoms with Gasteiger partial charge in [-0.2, -0.15) is 0 Å². The van der Waals surface area contributed by atoms with Gasteiger partial charge in [-0.1, -0.05) is 24.3 Å². The molecule has 1 amide bonds. The van der Waals surface area contributed by atoms with Crippen LogP contribution in [0.4, 0.5) is 5.69 Å². The highest BCUT2D eigenvalue weighted by atomic mass is 32.1.